The minimum absolute atomic E-state index is 0.0500. The summed E-state index contributed by atoms with van der Waals surface area (Å²) in [4.78, 5) is 0. The molecular formula is C29H31ClN2O3. The molecule has 182 valence electrons. The van der Waals surface area contributed by atoms with Gasteiger partial charge in [-0.2, -0.15) is 5.10 Å². The zero-order valence-corrected chi connectivity index (χ0v) is 21.0. The highest BCUT2D eigenvalue weighted by atomic mass is 35.5. The van der Waals surface area contributed by atoms with Crippen molar-refractivity contribution in [2.75, 3.05) is 13.7 Å². The summed E-state index contributed by atoms with van der Waals surface area (Å²) in [7, 11) is 1.67. The number of halogens is 1. The van der Waals surface area contributed by atoms with Gasteiger partial charge in [0, 0.05) is 22.6 Å². The summed E-state index contributed by atoms with van der Waals surface area (Å²) in [6.45, 7) is 2.96. The summed E-state index contributed by atoms with van der Waals surface area (Å²) in [5.41, 5.74) is 4.20. The van der Waals surface area contributed by atoms with Crippen molar-refractivity contribution < 1.29 is 14.2 Å². The van der Waals surface area contributed by atoms with Crippen LogP contribution in [0.2, 0.25) is 5.02 Å². The van der Waals surface area contributed by atoms with Gasteiger partial charge in [-0.25, -0.2) is 5.01 Å². The van der Waals surface area contributed by atoms with Crippen molar-refractivity contribution in [2.45, 2.75) is 51.3 Å². The number of fused-ring (bicyclic) bond motifs is 3. The van der Waals surface area contributed by atoms with E-state index in [1.165, 1.54) is 19.3 Å². The van der Waals surface area contributed by atoms with Gasteiger partial charge in [0.1, 0.15) is 17.2 Å². The summed E-state index contributed by atoms with van der Waals surface area (Å²) in [5.74, 6) is 2.56. The number of ether oxygens (including phenoxy) is 3. The smallest absolute Gasteiger partial charge is 0.213 e. The third-order valence-electron chi connectivity index (χ3n) is 6.61. The van der Waals surface area contributed by atoms with Gasteiger partial charge in [0.05, 0.1) is 25.5 Å². The van der Waals surface area contributed by atoms with E-state index in [2.05, 4.69) is 36.2 Å². The van der Waals surface area contributed by atoms with E-state index in [4.69, 9.17) is 30.9 Å². The molecule has 2 aliphatic rings. The first-order valence-electron chi connectivity index (χ1n) is 12.4. The fourth-order valence-electron chi connectivity index (χ4n) is 4.68. The van der Waals surface area contributed by atoms with Gasteiger partial charge in [-0.1, -0.05) is 37.8 Å². The molecular weight excluding hydrogens is 460 g/mol. The highest BCUT2D eigenvalue weighted by Crippen LogP contribution is 2.48. The normalized spacial score (nSPS) is 18.4. The van der Waals surface area contributed by atoms with Gasteiger partial charge < -0.3 is 14.2 Å². The molecule has 0 saturated carbocycles. The van der Waals surface area contributed by atoms with Crippen molar-refractivity contribution in [1.82, 2.24) is 5.01 Å². The van der Waals surface area contributed by atoms with Crippen LogP contribution in [0.4, 0.5) is 0 Å². The lowest BCUT2D eigenvalue weighted by atomic mass is 9.96. The van der Waals surface area contributed by atoms with Gasteiger partial charge >= 0.3 is 0 Å². The molecule has 0 aliphatic carbocycles. The Morgan fingerprint density at radius 3 is 2.49 bits per heavy atom. The van der Waals surface area contributed by atoms with E-state index in [0.717, 1.165) is 59.1 Å². The van der Waals surface area contributed by atoms with E-state index >= 15 is 0 Å². The molecule has 2 aliphatic heterocycles. The first kappa shape index (κ1) is 23.6. The number of unbranched alkanes of at least 4 members (excludes halogenated alkanes) is 3. The predicted molar refractivity (Wildman–Crippen MR) is 140 cm³/mol. The van der Waals surface area contributed by atoms with Crippen molar-refractivity contribution in [3.8, 4) is 17.2 Å². The molecule has 2 heterocycles. The number of hydrogen-bond donors (Lipinski definition) is 0. The molecule has 6 heteroatoms. The van der Waals surface area contributed by atoms with Crippen LogP contribution in [-0.2, 0) is 0 Å². The summed E-state index contributed by atoms with van der Waals surface area (Å²) >= 11 is 6.35. The number of rotatable bonds is 9. The molecule has 2 atom stereocenters. The van der Waals surface area contributed by atoms with Crippen molar-refractivity contribution in [2.24, 2.45) is 5.10 Å². The van der Waals surface area contributed by atoms with Gasteiger partial charge in [-0.15, -0.1) is 0 Å². The topological polar surface area (TPSA) is 43.3 Å². The van der Waals surface area contributed by atoms with E-state index in [-0.39, 0.29) is 12.3 Å². The summed E-state index contributed by atoms with van der Waals surface area (Å²) in [5, 5.41) is 7.80. The number of nitrogens with zero attached hydrogens (tertiary/aromatic N) is 2. The molecule has 0 aromatic heterocycles. The fraction of sp³-hybridized carbons (Fsp3) is 0.345. The number of benzene rings is 3. The van der Waals surface area contributed by atoms with Crippen LogP contribution < -0.4 is 14.2 Å². The fourth-order valence-corrected chi connectivity index (χ4v) is 4.86. The minimum Gasteiger partial charge on any atom is -0.497 e. The van der Waals surface area contributed by atoms with Crippen LogP contribution in [0, 0.1) is 0 Å². The number of methoxy groups -OCH3 is 1. The predicted octanol–water partition coefficient (Wildman–Crippen LogP) is 7.55. The van der Waals surface area contributed by atoms with E-state index in [1.807, 2.05) is 42.5 Å². The summed E-state index contributed by atoms with van der Waals surface area (Å²) in [6, 6.07) is 22.1. The second kappa shape index (κ2) is 10.6. The Balaban J connectivity index is 1.39. The lowest BCUT2D eigenvalue weighted by Crippen LogP contribution is -2.33. The van der Waals surface area contributed by atoms with Crippen molar-refractivity contribution in [1.29, 1.82) is 0 Å². The summed E-state index contributed by atoms with van der Waals surface area (Å²) in [6.07, 6.45) is 5.22. The highest BCUT2D eigenvalue weighted by molar-refractivity contribution is 6.30. The van der Waals surface area contributed by atoms with Gasteiger partial charge in [0.25, 0.3) is 0 Å². The highest BCUT2D eigenvalue weighted by Gasteiger charge is 2.41. The molecule has 3 aromatic carbocycles. The number of hydrazone groups is 1. The minimum atomic E-state index is -0.331. The van der Waals surface area contributed by atoms with Crippen LogP contribution >= 0.6 is 11.6 Å². The first-order chi connectivity index (χ1) is 17.2. The maximum atomic E-state index is 6.47. The Kier molecular flexibility index (Phi) is 7.14. The van der Waals surface area contributed by atoms with Gasteiger partial charge in [-0.05, 0) is 78.7 Å². The van der Waals surface area contributed by atoms with Crippen LogP contribution in [0.1, 0.15) is 68.0 Å². The molecule has 0 radical (unpaired) electrons. The van der Waals surface area contributed by atoms with Crippen molar-refractivity contribution >= 4 is 17.3 Å². The summed E-state index contributed by atoms with van der Waals surface area (Å²) < 4.78 is 17.7. The second-order valence-electron chi connectivity index (χ2n) is 9.01. The monoisotopic (exact) mass is 490 g/mol. The third kappa shape index (κ3) is 5.10. The molecule has 0 amide bonds. The van der Waals surface area contributed by atoms with E-state index in [9.17, 15) is 0 Å². The molecule has 5 nitrogen and oxygen atoms in total. The molecule has 0 spiro atoms. The van der Waals surface area contributed by atoms with Crippen LogP contribution in [0.15, 0.2) is 71.8 Å². The van der Waals surface area contributed by atoms with Crippen LogP contribution in [-0.4, -0.2) is 24.4 Å². The molecule has 0 fully saturated rings. The zero-order chi connectivity index (χ0) is 24.2. The van der Waals surface area contributed by atoms with Crippen LogP contribution in [0.25, 0.3) is 0 Å². The molecule has 0 bridgehead atoms. The van der Waals surface area contributed by atoms with Crippen molar-refractivity contribution in [3.63, 3.8) is 0 Å². The molecule has 0 N–H and O–H groups in total. The molecule has 35 heavy (non-hydrogen) atoms. The Morgan fingerprint density at radius 1 is 0.971 bits per heavy atom. The van der Waals surface area contributed by atoms with Crippen LogP contribution in [0.3, 0.4) is 0 Å². The van der Waals surface area contributed by atoms with Gasteiger partial charge in [0.15, 0.2) is 0 Å². The quantitative estimate of drug-likeness (QED) is 0.290. The van der Waals surface area contributed by atoms with Crippen LogP contribution in [0.5, 0.6) is 17.2 Å². The van der Waals surface area contributed by atoms with E-state index < -0.39 is 0 Å². The molecule has 0 unspecified atom stereocenters. The maximum Gasteiger partial charge on any atom is 0.213 e. The van der Waals surface area contributed by atoms with Crippen molar-refractivity contribution in [3.05, 3.63) is 88.4 Å². The second-order valence-corrected chi connectivity index (χ2v) is 9.44. The number of hydrogen-bond acceptors (Lipinski definition) is 5. The molecule has 5 rings (SSSR count). The van der Waals surface area contributed by atoms with E-state index in [0.29, 0.717) is 5.02 Å². The average Bonchev–Trinajstić information content (AvgIpc) is 3.35. The largest absolute Gasteiger partial charge is 0.497 e. The molecule has 0 saturated heterocycles. The maximum absolute atomic E-state index is 6.47. The first-order valence-corrected chi connectivity index (χ1v) is 12.7. The third-order valence-corrected chi connectivity index (χ3v) is 6.84. The standard InChI is InChI=1S/C29H31ClN2O3/c1-3-4-5-6-17-34-24-14-9-21(10-15-24)29-32-27(25-18-22(30)11-16-28(25)35-29)19-26(31-32)20-7-12-23(33-2)13-8-20/h7-16,18,27,29H,3-6,17,19H2,1-2H3/t27-,29-/m1/s1. The Labute approximate surface area is 212 Å². The Hall–Kier alpha value is -3.18. The van der Waals surface area contributed by atoms with Gasteiger partial charge in [-0.3, -0.25) is 0 Å². The zero-order valence-electron chi connectivity index (χ0n) is 20.2. The lowest BCUT2D eigenvalue weighted by molar-refractivity contribution is -0.0190. The SMILES string of the molecule is CCCCCCOc1ccc([C@H]2Oc3ccc(Cl)cc3[C@H]3CC(c4ccc(OC)cc4)=NN32)cc1. The average molecular weight is 491 g/mol. The Morgan fingerprint density at radius 2 is 1.74 bits per heavy atom. The van der Waals surface area contributed by atoms with E-state index in [1.54, 1.807) is 7.11 Å². The van der Waals surface area contributed by atoms with Gasteiger partial charge in [0.2, 0.25) is 6.23 Å². The lowest BCUT2D eigenvalue weighted by Gasteiger charge is -2.38. The molecule has 3 aromatic rings. The Bertz CT molecular complexity index is 1180.